The highest BCUT2D eigenvalue weighted by Crippen LogP contribution is 2.13. The van der Waals surface area contributed by atoms with Gasteiger partial charge >= 0.3 is 0 Å². The third kappa shape index (κ3) is 9.62. The predicted molar refractivity (Wildman–Crippen MR) is 121 cm³/mol. The number of halogens is 1. The van der Waals surface area contributed by atoms with Gasteiger partial charge in [-0.3, -0.25) is 9.67 Å². The zero-order chi connectivity index (χ0) is 18.6. The number of ether oxygens (including phenoxy) is 1. The van der Waals surface area contributed by atoms with Gasteiger partial charge < -0.3 is 20.3 Å². The highest BCUT2D eigenvalue weighted by molar-refractivity contribution is 14.0. The van der Waals surface area contributed by atoms with Gasteiger partial charge in [-0.05, 0) is 44.3 Å². The summed E-state index contributed by atoms with van der Waals surface area (Å²) in [6.45, 7) is 4.02. The number of aryl methyl sites for hydroxylation is 1. The first-order chi connectivity index (χ1) is 12.7. The van der Waals surface area contributed by atoms with Gasteiger partial charge in [-0.1, -0.05) is 12.1 Å². The predicted octanol–water partition coefficient (Wildman–Crippen LogP) is 2.20. The summed E-state index contributed by atoms with van der Waals surface area (Å²) in [5.41, 5.74) is 1.16. The normalized spacial score (nSPS) is 11.2. The first-order valence-corrected chi connectivity index (χ1v) is 8.96. The molecule has 0 saturated carbocycles. The minimum Gasteiger partial charge on any atom is -0.492 e. The van der Waals surface area contributed by atoms with Gasteiger partial charge in [0.2, 0.25) is 0 Å². The van der Waals surface area contributed by atoms with Crippen LogP contribution in [0.3, 0.4) is 0 Å². The van der Waals surface area contributed by atoms with Crippen molar-refractivity contribution in [2.24, 2.45) is 4.99 Å². The fourth-order valence-corrected chi connectivity index (χ4v) is 2.38. The third-order valence-corrected chi connectivity index (χ3v) is 3.80. The fourth-order valence-electron chi connectivity index (χ4n) is 2.38. The summed E-state index contributed by atoms with van der Waals surface area (Å²) >= 11 is 0. The molecule has 0 aliphatic heterocycles. The van der Waals surface area contributed by atoms with E-state index in [2.05, 4.69) is 37.8 Å². The number of benzene rings is 1. The van der Waals surface area contributed by atoms with E-state index in [1.165, 1.54) is 0 Å². The van der Waals surface area contributed by atoms with Crippen LogP contribution in [0, 0.1) is 0 Å². The summed E-state index contributed by atoms with van der Waals surface area (Å²) < 4.78 is 7.71. The second-order valence-corrected chi connectivity index (χ2v) is 6.27. The topological polar surface area (TPSA) is 66.7 Å². The van der Waals surface area contributed by atoms with E-state index in [1.54, 1.807) is 13.2 Å². The Balaban J connectivity index is 0.00000364. The van der Waals surface area contributed by atoms with Gasteiger partial charge in [0.15, 0.2) is 5.96 Å². The van der Waals surface area contributed by atoms with Crippen molar-refractivity contribution in [1.29, 1.82) is 0 Å². The zero-order valence-corrected chi connectivity index (χ0v) is 18.7. The SMILES string of the molecule is CN=C(NCCCn1cccn1)NCc1cccc(OCCN(C)C)c1.I. The smallest absolute Gasteiger partial charge is 0.191 e. The molecule has 0 atom stereocenters. The van der Waals surface area contributed by atoms with E-state index in [4.69, 9.17) is 4.74 Å². The lowest BCUT2D eigenvalue weighted by molar-refractivity contribution is 0.261. The largest absolute Gasteiger partial charge is 0.492 e. The molecule has 1 aromatic heterocycles. The highest BCUT2D eigenvalue weighted by atomic mass is 127. The van der Waals surface area contributed by atoms with Crippen molar-refractivity contribution in [3.05, 3.63) is 48.3 Å². The molecule has 1 heterocycles. The summed E-state index contributed by atoms with van der Waals surface area (Å²) in [6, 6.07) is 10.1. The molecule has 0 aliphatic rings. The lowest BCUT2D eigenvalue weighted by atomic mass is 10.2. The lowest BCUT2D eigenvalue weighted by Gasteiger charge is -2.14. The molecule has 2 aromatic rings. The molecule has 0 unspecified atom stereocenters. The lowest BCUT2D eigenvalue weighted by Crippen LogP contribution is -2.37. The Labute approximate surface area is 179 Å². The van der Waals surface area contributed by atoms with Gasteiger partial charge in [0, 0.05) is 45.6 Å². The van der Waals surface area contributed by atoms with E-state index in [1.807, 2.05) is 43.2 Å². The van der Waals surface area contributed by atoms with Crippen LogP contribution in [-0.2, 0) is 13.1 Å². The quantitative estimate of drug-likeness (QED) is 0.233. The van der Waals surface area contributed by atoms with Crippen molar-refractivity contribution in [2.45, 2.75) is 19.5 Å². The van der Waals surface area contributed by atoms with Crippen LogP contribution in [0.15, 0.2) is 47.7 Å². The Morgan fingerprint density at radius 2 is 2.11 bits per heavy atom. The van der Waals surface area contributed by atoms with Crippen molar-refractivity contribution in [3.63, 3.8) is 0 Å². The van der Waals surface area contributed by atoms with Gasteiger partial charge in [-0.25, -0.2) is 0 Å². The van der Waals surface area contributed by atoms with Crippen LogP contribution in [0.5, 0.6) is 5.75 Å². The number of hydrogen-bond acceptors (Lipinski definition) is 4. The van der Waals surface area contributed by atoms with Gasteiger partial charge in [0.1, 0.15) is 12.4 Å². The number of rotatable bonds is 10. The van der Waals surface area contributed by atoms with Gasteiger partial charge in [-0.15, -0.1) is 24.0 Å². The molecule has 150 valence electrons. The molecule has 1 aromatic carbocycles. The van der Waals surface area contributed by atoms with Crippen molar-refractivity contribution < 1.29 is 4.74 Å². The van der Waals surface area contributed by atoms with Crippen molar-refractivity contribution in [3.8, 4) is 5.75 Å². The van der Waals surface area contributed by atoms with Crippen LogP contribution >= 0.6 is 24.0 Å². The Hall–Kier alpha value is -1.81. The first kappa shape index (κ1) is 23.2. The van der Waals surface area contributed by atoms with Gasteiger partial charge in [0.05, 0.1) is 0 Å². The molecule has 2 rings (SSSR count). The molecule has 7 nitrogen and oxygen atoms in total. The van der Waals surface area contributed by atoms with Crippen molar-refractivity contribution in [1.82, 2.24) is 25.3 Å². The Morgan fingerprint density at radius 1 is 1.26 bits per heavy atom. The molecule has 0 saturated heterocycles. The van der Waals surface area contributed by atoms with Crippen LogP contribution in [0.25, 0.3) is 0 Å². The molecule has 8 heteroatoms. The maximum atomic E-state index is 5.78. The average Bonchev–Trinajstić information content (AvgIpc) is 3.15. The Kier molecular flexibility index (Phi) is 11.5. The second-order valence-electron chi connectivity index (χ2n) is 6.27. The van der Waals surface area contributed by atoms with Crippen LogP contribution in [0.4, 0.5) is 0 Å². The van der Waals surface area contributed by atoms with E-state index < -0.39 is 0 Å². The minimum absolute atomic E-state index is 0. The number of likely N-dealkylation sites (N-methyl/N-ethyl adjacent to an activating group) is 1. The number of hydrogen-bond donors (Lipinski definition) is 2. The zero-order valence-electron chi connectivity index (χ0n) is 16.4. The molecule has 27 heavy (non-hydrogen) atoms. The summed E-state index contributed by atoms with van der Waals surface area (Å²) in [5.74, 6) is 1.69. The molecule has 0 spiro atoms. The third-order valence-electron chi connectivity index (χ3n) is 3.80. The fraction of sp³-hybridized carbons (Fsp3) is 0.474. The summed E-state index contributed by atoms with van der Waals surface area (Å²) in [7, 11) is 5.86. The van der Waals surface area contributed by atoms with Crippen molar-refractivity contribution in [2.75, 3.05) is 40.8 Å². The first-order valence-electron chi connectivity index (χ1n) is 8.96. The van der Waals surface area contributed by atoms with Crippen molar-refractivity contribution >= 4 is 29.9 Å². The average molecular weight is 486 g/mol. The molecule has 2 N–H and O–H groups in total. The summed E-state index contributed by atoms with van der Waals surface area (Å²) in [5, 5.41) is 10.9. The monoisotopic (exact) mass is 486 g/mol. The number of guanidine groups is 1. The van der Waals surface area contributed by atoms with E-state index in [9.17, 15) is 0 Å². The molecule has 0 amide bonds. The van der Waals surface area contributed by atoms with Crippen LogP contribution in [-0.4, -0.2) is 61.5 Å². The molecular weight excluding hydrogens is 455 g/mol. The number of aliphatic imine (C=N–C) groups is 1. The molecule has 0 fully saturated rings. The van der Waals surface area contributed by atoms with Gasteiger partial charge in [-0.2, -0.15) is 5.10 Å². The second kappa shape index (κ2) is 13.4. The van der Waals surface area contributed by atoms with Gasteiger partial charge in [0.25, 0.3) is 0 Å². The Morgan fingerprint density at radius 3 is 2.81 bits per heavy atom. The maximum Gasteiger partial charge on any atom is 0.191 e. The molecule has 0 aliphatic carbocycles. The van der Waals surface area contributed by atoms with E-state index in [0.717, 1.165) is 43.3 Å². The number of nitrogens with one attached hydrogen (secondary N) is 2. The van der Waals surface area contributed by atoms with E-state index >= 15 is 0 Å². The minimum atomic E-state index is 0. The van der Waals surface area contributed by atoms with Crippen LogP contribution in [0.1, 0.15) is 12.0 Å². The number of aromatic nitrogens is 2. The molecule has 0 bridgehead atoms. The standard InChI is InChI=1S/C19H30N6O.HI/c1-20-19(21-9-5-11-25-12-6-10-23-25)22-16-17-7-4-8-18(15-17)26-14-13-24(2)3;/h4,6-8,10,12,15H,5,9,11,13-14,16H2,1-3H3,(H2,20,21,22);1H. The highest BCUT2D eigenvalue weighted by Gasteiger charge is 2.01. The molecular formula is C19H31IN6O. The van der Waals surface area contributed by atoms with E-state index in [0.29, 0.717) is 13.2 Å². The van der Waals surface area contributed by atoms with Crippen LogP contribution < -0.4 is 15.4 Å². The van der Waals surface area contributed by atoms with Crippen LogP contribution in [0.2, 0.25) is 0 Å². The maximum absolute atomic E-state index is 5.78. The molecule has 0 radical (unpaired) electrons. The Bertz CT molecular complexity index is 660. The summed E-state index contributed by atoms with van der Waals surface area (Å²) in [6.07, 6.45) is 4.75. The number of nitrogens with zero attached hydrogens (tertiary/aromatic N) is 4. The van der Waals surface area contributed by atoms with E-state index in [-0.39, 0.29) is 24.0 Å². The summed E-state index contributed by atoms with van der Waals surface area (Å²) in [4.78, 5) is 6.37.